The number of fused-ring (bicyclic) bond motifs is 1. The van der Waals surface area contributed by atoms with Crippen LogP contribution in [0.5, 0.6) is 0 Å². The van der Waals surface area contributed by atoms with Gasteiger partial charge in [-0.3, -0.25) is 0 Å². The maximum absolute atomic E-state index is 2.39. The van der Waals surface area contributed by atoms with E-state index in [1.165, 1.54) is 28.9 Å². The predicted octanol–water partition coefficient (Wildman–Crippen LogP) is -0.231. The average Bonchev–Trinajstić information content (AvgIpc) is 3.11. The molecule has 132 valence electrons. The molecule has 0 heterocycles. The van der Waals surface area contributed by atoms with Gasteiger partial charge >= 0.3 is 41.3 Å². The van der Waals surface area contributed by atoms with Crippen LogP contribution in [-0.2, 0) is 24.2 Å². The van der Waals surface area contributed by atoms with E-state index in [4.69, 9.17) is 0 Å². The summed E-state index contributed by atoms with van der Waals surface area (Å²) in [6.07, 6.45) is 21.3. The molecular formula is C21H29Cl2Zr-. The number of hydrogen-bond donors (Lipinski definition) is 0. The van der Waals surface area contributed by atoms with Crippen molar-refractivity contribution in [3.05, 3.63) is 54.0 Å². The van der Waals surface area contributed by atoms with E-state index in [0.29, 0.717) is 11.3 Å². The van der Waals surface area contributed by atoms with E-state index in [9.17, 15) is 0 Å². The van der Waals surface area contributed by atoms with Gasteiger partial charge in [-0.2, -0.15) is 5.92 Å². The first-order valence-corrected chi connectivity index (χ1v) is 9.88. The zero-order valence-corrected chi connectivity index (χ0v) is 19.3. The summed E-state index contributed by atoms with van der Waals surface area (Å²) < 4.78 is 1.51. The van der Waals surface area contributed by atoms with Crippen molar-refractivity contribution < 1.29 is 49.0 Å². The molecule has 1 saturated carbocycles. The second-order valence-electron chi connectivity index (χ2n) is 6.88. The predicted molar refractivity (Wildman–Crippen MR) is 94.3 cm³/mol. The number of halogens is 2. The van der Waals surface area contributed by atoms with Gasteiger partial charge in [-0.05, 0) is 18.3 Å². The molecule has 0 aromatic rings. The molecule has 0 nitrogen and oxygen atoms in total. The Morgan fingerprint density at radius 1 is 1.12 bits per heavy atom. The van der Waals surface area contributed by atoms with Crippen LogP contribution < -0.4 is 24.8 Å². The van der Waals surface area contributed by atoms with Crippen LogP contribution in [0.1, 0.15) is 53.4 Å². The number of hydrogen-bond acceptors (Lipinski definition) is 0. The van der Waals surface area contributed by atoms with Crippen molar-refractivity contribution in [3.8, 4) is 0 Å². The molecule has 0 aromatic carbocycles. The maximum Gasteiger partial charge on any atom is -1.00 e. The summed E-state index contributed by atoms with van der Waals surface area (Å²) in [6.45, 7) is 8.99. The second kappa shape index (κ2) is 11.0. The van der Waals surface area contributed by atoms with Crippen LogP contribution >= 0.6 is 0 Å². The average molecular weight is 444 g/mol. The number of rotatable bonds is 3. The van der Waals surface area contributed by atoms with Gasteiger partial charge in [0.1, 0.15) is 0 Å². The van der Waals surface area contributed by atoms with Crippen molar-refractivity contribution in [1.82, 2.24) is 0 Å². The Labute approximate surface area is 176 Å². The molecule has 0 N–H and O–H groups in total. The van der Waals surface area contributed by atoms with Crippen molar-refractivity contribution in [2.24, 2.45) is 17.3 Å². The molecular weight excluding hydrogens is 414 g/mol. The van der Waals surface area contributed by atoms with Crippen molar-refractivity contribution >= 4 is 3.21 Å². The minimum absolute atomic E-state index is 0. The molecule has 0 aromatic heterocycles. The fourth-order valence-electron chi connectivity index (χ4n) is 4.16. The van der Waals surface area contributed by atoms with E-state index in [0.717, 1.165) is 5.92 Å². The molecule has 0 aliphatic heterocycles. The summed E-state index contributed by atoms with van der Waals surface area (Å²) in [6, 6.07) is 0. The van der Waals surface area contributed by atoms with Gasteiger partial charge in [0, 0.05) is 0 Å². The molecule has 3 heteroatoms. The quantitative estimate of drug-likeness (QED) is 0.529. The van der Waals surface area contributed by atoms with E-state index in [1.807, 2.05) is 0 Å². The van der Waals surface area contributed by atoms with Gasteiger partial charge in [0.25, 0.3) is 0 Å². The standard InChI is InChI=1S/C18H23.C3H6.2ClH.Zr/c1-3-18(4-2)13-15-11-7-8-12-16(15)17(18)14-9-5-6-10-14;1-3-2;;;/h5-10,12,14-15H,3-4,11,13H2,1-2H3;1-2H3;2*1H;/q-1;;;;+2/p-2. The van der Waals surface area contributed by atoms with Crippen molar-refractivity contribution in [1.29, 1.82) is 0 Å². The van der Waals surface area contributed by atoms with Crippen molar-refractivity contribution in [2.45, 2.75) is 53.4 Å². The minimum atomic E-state index is 0. The van der Waals surface area contributed by atoms with Crippen LogP contribution in [-0.4, -0.2) is 3.21 Å². The van der Waals surface area contributed by atoms with Crippen LogP contribution in [0.15, 0.2) is 48.1 Å². The van der Waals surface area contributed by atoms with Gasteiger partial charge < -0.3 is 24.8 Å². The zero-order valence-electron chi connectivity index (χ0n) is 15.3. The molecule has 1 fully saturated rings. The topological polar surface area (TPSA) is 0 Å². The molecule has 24 heavy (non-hydrogen) atoms. The minimum Gasteiger partial charge on any atom is -1.00 e. The van der Waals surface area contributed by atoms with Crippen molar-refractivity contribution in [3.63, 3.8) is 0 Å². The third kappa shape index (κ3) is 5.33. The first kappa shape index (κ1) is 24.2. The molecule has 0 spiro atoms. The third-order valence-corrected chi connectivity index (χ3v) is 5.23. The Morgan fingerprint density at radius 2 is 1.67 bits per heavy atom. The van der Waals surface area contributed by atoms with Gasteiger partial charge in [-0.15, -0.1) is 12.2 Å². The molecule has 3 rings (SSSR count). The molecule has 3 aliphatic rings. The second-order valence-corrected chi connectivity index (χ2v) is 9.34. The van der Waals surface area contributed by atoms with E-state index in [2.05, 4.69) is 70.2 Å². The Hall–Kier alpha value is 0.163. The van der Waals surface area contributed by atoms with E-state index >= 15 is 0 Å². The fourth-order valence-corrected chi connectivity index (χ4v) is 4.16. The molecule has 1 unspecified atom stereocenters. The largest absolute Gasteiger partial charge is 1.00 e. The van der Waals surface area contributed by atoms with E-state index in [-0.39, 0.29) is 24.8 Å². The van der Waals surface area contributed by atoms with E-state index in [1.54, 1.807) is 35.7 Å². The van der Waals surface area contributed by atoms with Gasteiger partial charge in [0.15, 0.2) is 0 Å². The Bertz CT molecular complexity index is 508. The number of allylic oxidation sites excluding steroid dienone is 8. The fraction of sp³-hybridized carbons (Fsp3) is 0.524. The van der Waals surface area contributed by atoms with E-state index < -0.39 is 0 Å². The summed E-state index contributed by atoms with van der Waals surface area (Å²) in [7, 11) is 0. The van der Waals surface area contributed by atoms with Crippen LogP contribution in [0.3, 0.4) is 0 Å². The summed E-state index contributed by atoms with van der Waals surface area (Å²) in [5.74, 6) is 3.08. The first-order valence-electron chi connectivity index (χ1n) is 8.65. The first-order chi connectivity index (χ1) is 10.5. The summed E-state index contributed by atoms with van der Waals surface area (Å²) in [5.41, 5.74) is 2.11. The van der Waals surface area contributed by atoms with Crippen LogP contribution in [0, 0.1) is 23.2 Å². The molecule has 0 bridgehead atoms. The van der Waals surface area contributed by atoms with Crippen LogP contribution in [0.2, 0.25) is 0 Å². The molecule has 3 aliphatic carbocycles. The Kier molecular flexibility index (Phi) is 11.1. The maximum atomic E-state index is 2.39. The summed E-state index contributed by atoms with van der Waals surface area (Å²) >= 11 is 1.55. The van der Waals surface area contributed by atoms with Crippen LogP contribution in [0.25, 0.3) is 0 Å². The van der Waals surface area contributed by atoms with Gasteiger partial charge in [-0.1, -0.05) is 62.8 Å². The summed E-state index contributed by atoms with van der Waals surface area (Å²) in [4.78, 5) is 0. The smallest absolute Gasteiger partial charge is 1.00 e. The Morgan fingerprint density at radius 3 is 2.17 bits per heavy atom. The van der Waals surface area contributed by atoms with Gasteiger partial charge in [-0.25, -0.2) is 11.6 Å². The Balaban J connectivity index is 0.000000801. The monoisotopic (exact) mass is 441 g/mol. The molecule has 0 amide bonds. The van der Waals surface area contributed by atoms with Crippen molar-refractivity contribution in [2.75, 3.05) is 0 Å². The van der Waals surface area contributed by atoms with Gasteiger partial charge in [0.2, 0.25) is 0 Å². The normalized spacial score (nSPS) is 22.8. The molecule has 0 saturated heterocycles. The van der Waals surface area contributed by atoms with Gasteiger partial charge in [0.05, 0.1) is 0 Å². The zero-order chi connectivity index (χ0) is 16.2. The SMILES string of the molecule is CCC1(CC)CC2CC=CC=C2[C-]1C1C=CC=C1.C[C](C)=[Zr+2].[Cl-].[Cl-]. The molecule has 0 radical (unpaired) electrons. The van der Waals surface area contributed by atoms with Crippen LogP contribution in [0.4, 0.5) is 0 Å². The summed E-state index contributed by atoms with van der Waals surface area (Å²) in [5, 5.41) is 0. The third-order valence-electron chi connectivity index (χ3n) is 5.23. The molecule has 1 atom stereocenters.